The highest BCUT2D eigenvalue weighted by molar-refractivity contribution is 7.92. The number of carbonyl (C=O) groups is 2. The first-order valence-corrected chi connectivity index (χ1v) is 16.1. The van der Waals surface area contributed by atoms with Crippen LogP contribution < -0.4 is 9.62 Å². The molecule has 0 bridgehead atoms. The molecule has 0 saturated heterocycles. The fraction of sp³-hybridized carbons (Fsp3) is 0.394. The van der Waals surface area contributed by atoms with Crippen molar-refractivity contribution in [1.29, 1.82) is 0 Å². The Morgan fingerprint density at radius 1 is 0.854 bits per heavy atom. The second kappa shape index (κ2) is 14.8. The van der Waals surface area contributed by atoms with E-state index in [1.54, 1.807) is 4.90 Å². The van der Waals surface area contributed by atoms with E-state index in [1.807, 2.05) is 100 Å². The van der Waals surface area contributed by atoms with Crippen molar-refractivity contribution in [3.05, 3.63) is 101 Å². The Balaban J connectivity index is 1.88. The molecule has 0 aromatic heterocycles. The van der Waals surface area contributed by atoms with Gasteiger partial charge < -0.3 is 10.2 Å². The van der Waals surface area contributed by atoms with E-state index in [9.17, 15) is 18.0 Å². The Labute approximate surface area is 245 Å². The first kappa shape index (κ1) is 31.9. The number of aryl methyl sites for hydroxylation is 3. The van der Waals surface area contributed by atoms with Gasteiger partial charge in [-0.25, -0.2) is 8.42 Å². The minimum Gasteiger partial charge on any atom is -0.354 e. The quantitative estimate of drug-likeness (QED) is 0.281. The lowest BCUT2D eigenvalue weighted by Gasteiger charge is -2.32. The van der Waals surface area contributed by atoms with Gasteiger partial charge in [0.15, 0.2) is 0 Å². The molecule has 0 spiro atoms. The normalized spacial score (nSPS) is 12.0. The number of hydrogen-bond donors (Lipinski definition) is 1. The van der Waals surface area contributed by atoms with Crippen LogP contribution in [0.2, 0.25) is 0 Å². The number of nitrogens with zero attached hydrogens (tertiary/aromatic N) is 2. The average molecular weight is 578 g/mol. The van der Waals surface area contributed by atoms with Crippen molar-refractivity contribution in [2.75, 3.05) is 23.7 Å². The van der Waals surface area contributed by atoms with Gasteiger partial charge in [0.25, 0.3) is 0 Å². The largest absolute Gasteiger partial charge is 0.354 e. The molecule has 0 saturated carbocycles. The number of rotatable bonds is 14. The summed E-state index contributed by atoms with van der Waals surface area (Å²) in [7, 11) is -3.56. The summed E-state index contributed by atoms with van der Waals surface area (Å²) < 4.78 is 26.8. The third kappa shape index (κ3) is 9.74. The maximum absolute atomic E-state index is 13.9. The standard InChI is InChI=1S/C33H43N3O4S/c1-6-17-34-33(38)31(23-28-13-8-7-9-14-28)35(24-29-15-10-12-25(2)20-29)32(37)16-11-18-36(41(5,39)40)30-21-26(3)19-27(4)22-30/h7-10,12-15,19-22,31H,6,11,16-18,23-24H2,1-5H3,(H,34,38)/t31-/m1/s1. The number of amides is 2. The molecule has 0 fully saturated rings. The molecule has 0 radical (unpaired) electrons. The second-order valence-corrected chi connectivity index (χ2v) is 12.7. The fourth-order valence-electron chi connectivity index (χ4n) is 5.03. The molecular weight excluding hydrogens is 534 g/mol. The SMILES string of the molecule is CCCNC(=O)[C@@H](Cc1ccccc1)N(Cc1cccc(C)c1)C(=O)CCCN(c1cc(C)cc(C)c1)S(C)(=O)=O. The molecule has 0 unspecified atom stereocenters. The van der Waals surface area contributed by atoms with Crippen LogP contribution >= 0.6 is 0 Å². The Hall–Kier alpha value is -3.65. The molecule has 220 valence electrons. The first-order chi connectivity index (χ1) is 19.5. The van der Waals surface area contributed by atoms with Crippen LogP contribution in [0.25, 0.3) is 0 Å². The Kier molecular flexibility index (Phi) is 11.5. The molecule has 3 aromatic carbocycles. The second-order valence-electron chi connectivity index (χ2n) is 10.8. The van der Waals surface area contributed by atoms with Gasteiger partial charge in [0.2, 0.25) is 21.8 Å². The summed E-state index contributed by atoms with van der Waals surface area (Å²) in [6.07, 6.45) is 2.78. The van der Waals surface area contributed by atoms with E-state index in [4.69, 9.17) is 0 Å². The fourth-order valence-corrected chi connectivity index (χ4v) is 5.97. The molecule has 3 aromatic rings. The van der Waals surface area contributed by atoms with Crippen LogP contribution in [-0.2, 0) is 32.6 Å². The van der Waals surface area contributed by atoms with Crippen molar-refractivity contribution >= 4 is 27.5 Å². The monoisotopic (exact) mass is 577 g/mol. The predicted octanol–water partition coefficient (Wildman–Crippen LogP) is 5.32. The summed E-state index contributed by atoms with van der Waals surface area (Å²) in [6, 6.07) is 22.6. The predicted molar refractivity (Wildman–Crippen MR) is 166 cm³/mol. The molecule has 41 heavy (non-hydrogen) atoms. The van der Waals surface area contributed by atoms with Gasteiger partial charge in [-0.1, -0.05) is 73.2 Å². The van der Waals surface area contributed by atoms with Crippen molar-refractivity contribution in [2.24, 2.45) is 0 Å². The molecule has 1 atom stereocenters. The summed E-state index contributed by atoms with van der Waals surface area (Å²) in [5.74, 6) is -0.377. The zero-order chi connectivity index (χ0) is 30.0. The van der Waals surface area contributed by atoms with Crippen LogP contribution in [0.1, 0.15) is 54.0 Å². The molecule has 0 aliphatic heterocycles. The van der Waals surface area contributed by atoms with Crippen molar-refractivity contribution < 1.29 is 18.0 Å². The lowest BCUT2D eigenvalue weighted by Crippen LogP contribution is -2.50. The lowest BCUT2D eigenvalue weighted by atomic mass is 10.0. The van der Waals surface area contributed by atoms with Gasteiger partial charge in [-0.2, -0.15) is 0 Å². The highest BCUT2D eigenvalue weighted by atomic mass is 32.2. The van der Waals surface area contributed by atoms with Crippen molar-refractivity contribution in [2.45, 2.75) is 66.0 Å². The number of benzene rings is 3. The molecule has 7 nitrogen and oxygen atoms in total. The van der Waals surface area contributed by atoms with Crippen LogP contribution in [-0.4, -0.2) is 50.5 Å². The van der Waals surface area contributed by atoms with Gasteiger partial charge in [-0.15, -0.1) is 0 Å². The Morgan fingerprint density at radius 2 is 1.51 bits per heavy atom. The van der Waals surface area contributed by atoms with Crippen LogP contribution in [0, 0.1) is 20.8 Å². The van der Waals surface area contributed by atoms with E-state index in [2.05, 4.69) is 5.32 Å². The van der Waals surface area contributed by atoms with E-state index in [0.717, 1.165) is 34.2 Å². The maximum Gasteiger partial charge on any atom is 0.243 e. The van der Waals surface area contributed by atoms with Crippen molar-refractivity contribution in [1.82, 2.24) is 10.2 Å². The number of anilines is 1. The molecule has 1 N–H and O–H groups in total. The zero-order valence-corrected chi connectivity index (χ0v) is 25.7. The third-order valence-corrected chi connectivity index (χ3v) is 8.10. The van der Waals surface area contributed by atoms with Crippen molar-refractivity contribution in [3.8, 4) is 0 Å². The number of hydrogen-bond acceptors (Lipinski definition) is 4. The molecule has 2 amide bonds. The van der Waals surface area contributed by atoms with Crippen LogP contribution in [0.15, 0.2) is 72.8 Å². The Morgan fingerprint density at radius 3 is 2.12 bits per heavy atom. The van der Waals surface area contributed by atoms with Gasteiger partial charge in [-0.05, 0) is 68.0 Å². The summed E-state index contributed by atoms with van der Waals surface area (Å²) in [5.41, 5.74) is 5.50. The van der Waals surface area contributed by atoms with E-state index in [1.165, 1.54) is 10.6 Å². The minimum atomic E-state index is -3.56. The highest BCUT2D eigenvalue weighted by Gasteiger charge is 2.30. The summed E-state index contributed by atoms with van der Waals surface area (Å²) in [6.45, 7) is 8.82. The van der Waals surface area contributed by atoms with Crippen LogP contribution in [0.3, 0.4) is 0 Å². The molecule has 8 heteroatoms. The minimum absolute atomic E-state index is 0.106. The van der Waals surface area contributed by atoms with Crippen LogP contribution in [0.5, 0.6) is 0 Å². The number of nitrogens with one attached hydrogen (secondary N) is 1. The van der Waals surface area contributed by atoms with E-state index in [0.29, 0.717) is 25.1 Å². The lowest BCUT2D eigenvalue weighted by molar-refractivity contribution is -0.141. The summed E-state index contributed by atoms with van der Waals surface area (Å²) in [4.78, 5) is 29.0. The van der Waals surface area contributed by atoms with Gasteiger partial charge in [0, 0.05) is 32.5 Å². The molecular formula is C33H43N3O4S. The third-order valence-electron chi connectivity index (χ3n) is 6.90. The van der Waals surface area contributed by atoms with Gasteiger partial charge in [0.05, 0.1) is 11.9 Å². The molecule has 0 aliphatic carbocycles. The number of sulfonamides is 1. The van der Waals surface area contributed by atoms with Gasteiger partial charge in [0.1, 0.15) is 6.04 Å². The molecule has 3 rings (SSSR count). The van der Waals surface area contributed by atoms with Crippen molar-refractivity contribution in [3.63, 3.8) is 0 Å². The van der Waals surface area contributed by atoms with Crippen LogP contribution in [0.4, 0.5) is 5.69 Å². The molecule has 0 heterocycles. The van der Waals surface area contributed by atoms with E-state index >= 15 is 0 Å². The topological polar surface area (TPSA) is 86.8 Å². The molecule has 0 aliphatic rings. The Bertz CT molecular complexity index is 1400. The first-order valence-electron chi connectivity index (χ1n) is 14.2. The maximum atomic E-state index is 13.9. The zero-order valence-electron chi connectivity index (χ0n) is 24.9. The number of carbonyl (C=O) groups excluding carboxylic acids is 2. The average Bonchev–Trinajstić information content (AvgIpc) is 2.91. The van der Waals surface area contributed by atoms with Gasteiger partial charge in [-0.3, -0.25) is 13.9 Å². The van der Waals surface area contributed by atoms with Gasteiger partial charge >= 0.3 is 0 Å². The summed E-state index contributed by atoms with van der Waals surface area (Å²) >= 11 is 0. The smallest absolute Gasteiger partial charge is 0.243 e. The van der Waals surface area contributed by atoms with E-state index < -0.39 is 16.1 Å². The summed E-state index contributed by atoms with van der Waals surface area (Å²) in [5, 5.41) is 2.99. The highest BCUT2D eigenvalue weighted by Crippen LogP contribution is 2.23. The van der Waals surface area contributed by atoms with E-state index in [-0.39, 0.29) is 31.3 Å².